The minimum absolute atomic E-state index is 0.0752. The van der Waals surface area contributed by atoms with E-state index in [0.29, 0.717) is 12.8 Å². The minimum atomic E-state index is -0.878. The number of benzene rings is 2. The van der Waals surface area contributed by atoms with E-state index in [9.17, 15) is 9.90 Å². The molecule has 0 unspecified atom stereocenters. The van der Waals surface area contributed by atoms with E-state index in [4.69, 9.17) is 5.73 Å². The zero-order valence-corrected chi connectivity index (χ0v) is 14.4. The zero-order valence-electron chi connectivity index (χ0n) is 14.4. The molecule has 0 radical (unpaired) electrons. The summed E-state index contributed by atoms with van der Waals surface area (Å²) in [6.07, 6.45) is 1.09. The van der Waals surface area contributed by atoms with Gasteiger partial charge in [-0.1, -0.05) is 24.3 Å². The fraction of sp³-hybridized carbons (Fsp3) is 0.350. The normalized spacial score (nSPS) is 19.4. The number of aryl methyl sites for hydroxylation is 1. The molecule has 0 saturated heterocycles. The molecule has 2 aromatic carbocycles. The number of nitrogens with one attached hydrogen (secondary N) is 1. The van der Waals surface area contributed by atoms with Gasteiger partial charge in [0.05, 0.1) is 0 Å². The lowest BCUT2D eigenvalue weighted by Crippen LogP contribution is -2.56. The first kappa shape index (κ1) is 16.5. The quantitative estimate of drug-likeness (QED) is 0.812. The Morgan fingerprint density at radius 2 is 1.88 bits per heavy atom. The van der Waals surface area contributed by atoms with Crippen molar-refractivity contribution in [1.82, 2.24) is 5.32 Å². The molecule has 0 fully saturated rings. The summed E-state index contributed by atoms with van der Waals surface area (Å²) in [7, 11) is 0. The third-order valence-electron chi connectivity index (χ3n) is 4.59. The number of fused-ring (bicyclic) bond motifs is 1. The Bertz CT molecular complexity index is 798. The van der Waals surface area contributed by atoms with E-state index in [2.05, 4.69) is 17.4 Å². The maximum Gasteiger partial charge on any atom is 0.240 e. The van der Waals surface area contributed by atoms with Crippen molar-refractivity contribution < 1.29 is 9.90 Å². The van der Waals surface area contributed by atoms with Gasteiger partial charge in [-0.05, 0) is 73.6 Å². The highest BCUT2D eigenvalue weighted by molar-refractivity contribution is 5.88. The van der Waals surface area contributed by atoms with Gasteiger partial charge in [-0.2, -0.15) is 0 Å². The summed E-state index contributed by atoms with van der Waals surface area (Å²) in [5.74, 6) is 0.155. The standard InChI is InChI=1S/C20H24N2O2/c1-12(2)22-19(24)20(21)10-15-7-13(3)18(9-16(15)11-20)14-5-4-6-17(23)8-14/h4-9,12,23H,10-11,21H2,1-3H3,(H,22,24)/t20-/m1/s1. The highest BCUT2D eigenvalue weighted by Crippen LogP contribution is 2.35. The van der Waals surface area contributed by atoms with Crippen molar-refractivity contribution in [3.8, 4) is 16.9 Å². The number of phenolic OH excluding ortho intramolecular Hbond substituents is 1. The Hall–Kier alpha value is -2.33. The lowest BCUT2D eigenvalue weighted by Gasteiger charge is -2.23. The average Bonchev–Trinajstić information content (AvgIpc) is 2.82. The summed E-state index contributed by atoms with van der Waals surface area (Å²) in [6, 6.07) is 11.5. The predicted molar refractivity (Wildman–Crippen MR) is 95.9 cm³/mol. The number of amides is 1. The third-order valence-corrected chi connectivity index (χ3v) is 4.59. The van der Waals surface area contributed by atoms with Crippen molar-refractivity contribution in [2.24, 2.45) is 5.73 Å². The molecule has 3 rings (SSSR count). The average molecular weight is 324 g/mol. The summed E-state index contributed by atoms with van der Waals surface area (Å²) in [6.45, 7) is 5.92. The fourth-order valence-corrected chi connectivity index (χ4v) is 3.43. The first-order valence-corrected chi connectivity index (χ1v) is 8.30. The van der Waals surface area contributed by atoms with Crippen LogP contribution in [0.1, 0.15) is 30.5 Å². The molecule has 1 amide bonds. The molecule has 0 spiro atoms. The van der Waals surface area contributed by atoms with Crippen LogP contribution in [0.25, 0.3) is 11.1 Å². The van der Waals surface area contributed by atoms with Gasteiger partial charge in [0.15, 0.2) is 0 Å². The second-order valence-corrected chi connectivity index (χ2v) is 7.12. The molecule has 4 N–H and O–H groups in total. The molecular formula is C20H24N2O2. The summed E-state index contributed by atoms with van der Waals surface area (Å²) in [5.41, 5.74) is 10.9. The zero-order chi connectivity index (χ0) is 17.5. The van der Waals surface area contributed by atoms with Crippen molar-refractivity contribution in [3.05, 3.63) is 53.1 Å². The summed E-state index contributed by atoms with van der Waals surface area (Å²) in [4.78, 5) is 12.5. The predicted octanol–water partition coefficient (Wildman–Crippen LogP) is 2.69. The van der Waals surface area contributed by atoms with E-state index in [1.807, 2.05) is 32.9 Å². The molecule has 2 aromatic rings. The molecular weight excluding hydrogens is 300 g/mol. The van der Waals surface area contributed by atoms with Crippen LogP contribution in [-0.4, -0.2) is 22.6 Å². The van der Waals surface area contributed by atoms with E-state index >= 15 is 0 Å². The Morgan fingerprint density at radius 1 is 1.21 bits per heavy atom. The second-order valence-electron chi connectivity index (χ2n) is 7.12. The van der Waals surface area contributed by atoms with E-state index in [0.717, 1.165) is 27.8 Å². The van der Waals surface area contributed by atoms with Crippen LogP contribution in [0.15, 0.2) is 36.4 Å². The topological polar surface area (TPSA) is 75.3 Å². The van der Waals surface area contributed by atoms with Gasteiger partial charge in [-0.25, -0.2) is 0 Å². The van der Waals surface area contributed by atoms with Crippen LogP contribution in [0.4, 0.5) is 0 Å². The number of nitrogens with two attached hydrogens (primary N) is 1. The van der Waals surface area contributed by atoms with Crippen LogP contribution in [0.3, 0.4) is 0 Å². The molecule has 0 aromatic heterocycles. The van der Waals surface area contributed by atoms with Crippen molar-refractivity contribution in [3.63, 3.8) is 0 Å². The molecule has 4 heteroatoms. The highest BCUT2D eigenvalue weighted by atomic mass is 16.3. The number of aromatic hydroxyl groups is 1. The molecule has 1 aliphatic carbocycles. The van der Waals surface area contributed by atoms with Crippen molar-refractivity contribution >= 4 is 5.91 Å². The minimum Gasteiger partial charge on any atom is -0.508 e. The number of phenols is 1. The number of carbonyl (C=O) groups is 1. The monoisotopic (exact) mass is 324 g/mol. The SMILES string of the molecule is Cc1cc2c(cc1-c1cccc(O)c1)C[C@@](N)(C(=O)NC(C)C)C2. The number of hydrogen-bond donors (Lipinski definition) is 3. The molecule has 126 valence electrons. The van der Waals surface area contributed by atoms with Crippen LogP contribution >= 0.6 is 0 Å². The van der Waals surface area contributed by atoms with E-state index in [1.54, 1.807) is 12.1 Å². The van der Waals surface area contributed by atoms with Crippen LogP contribution in [0.5, 0.6) is 5.75 Å². The van der Waals surface area contributed by atoms with Crippen LogP contribution in [0.2, 0.25) is 0 Å². The van der Waals surface area contributed by atoms with Gasteiger partial charge >= 0.3 is 0 Å². The second kappa shape index (κ2) is 5.95. The maximum absolute atomic E-state index is 12.5. The van der Waals surface area contributed by atoms with Gasteiger partial charge in [-0.3, -0.25) is 4.79 Å². The summed E-state index contributed by atoms with van der Waals surface area (Å²) in [5, 5.41) is 12.7. The maximum atomic E-state index is 12.5. The first-order valence-electron chi connectivity index (χ1n) is 8.30. The van der Waals surface area contributed by atoms with Crippen molar-refractivity contribution in [2.45, 2.75) is 45.2 Å². The Labute approximate surface area is 142 Å². The van der Waals surface area contributed by atoms with Gasteiger partial charge in [0.2, 0.25) is 5.91 Å². The summed E-state index contributed by atoms with van der Waals surface area (Å²) < 4.78 is 0. The van der Waals surface area contributed by atoms with Gasteiger partial charge in [0.1, 0.15) is 11.3 Å². The Kier molecular flexibility index (Phi) is 4.10. The fourth-order valence-electron chi connectivity index (χ4n) is 3.43. The van der Waals surface area contributed by atoms with E-state index in [-0.39, 0.29) is 17.7 Å². The van der Waals surface area contributed by atoms with Crippen molar-refractivity contribution in [1.29, 1.82) is 0 Å². The summed E-state index contributed by atoms with van der Waals surface area (Å²) >= 11 is 0. The van der Waals surface area contributed by atoms with Gasteiger partial charge < -0.3 is 16.2 Å². The van der Waals surface area contributed by atoms with Gasteiger partial charge in [-0.15, -0.1) is 0 Å². The molecule has 1 atom stereocenters. The molecule has 0 aliphatic heterocycles. The smallest absolute Gasteiger partial charge is 0.240 e. The molecule has 4 nitrogen and oxygen atoms in total. The van der Waals surface area contributed by atoms with Crippen LogP contribution in [-0.2, 0) is 17.6 Å². The number of carbonyl (C=O) groups excluding carboxylic acids is 1. The molecule has 1 aliphatic rings. The van der Waals surface area contributed by atoms with Gasteiger partial charge in [0, 0.05) is 6.04 Å². The Morgan fingerprint density at radius 3 is 2.50 bits per heavy atom. The van der Waals surface area contributed by atoms with E-state index in [1.165, 1.54) is 0 Å². The van der Waals surface area contributed by atoms with Crippen molar-refractivity contribution in [2.75, 3.05) is 0 Å². The Balaban J connectivity index is 1.95. The molecule has 24 heavy (non-hydrogen) atoms. The largest absolute Gasteiger partial charge is 0.508 e. The first-order chi connectivity index (χ1) is 11.3. The molecule has 0 bridgehead atoms. The van der Waals surface area contributed by atoms with Gasteiger partial charge in [0.25, 0.3) is 0 Å². The van der Waals surface area contributed by atoms with E-state index < -0.39 is 5.54 Å². The third kappa shape index (κ3) is 3.02. The van der Waals surface area contributed by atoms with Crippen LogP contribution < -0.4 is 11.1 Å². The number of rotatable bonds is 3. The number of hydrogen-bond acceptors (Lipinski definition) is 3. The molecule has 0 saturated carbocycles. The highest BCUT2D eigenvalue weighted by Gasteiger charge is 2.40. The molecule has 0 heterocycles. The lowest BCUT2D eigenvalue weighted by atomic mass is 9.95. The lowest BCUT2D eigenvalue weighted by molar-refractivity contribution is -0.126. The van der Waals surface area contributed by atoms with Crippen LogP contribution in [0, 0.1) is 6.92 Å².